The van der Waals surface area contributed by atoms with Crippen LogP contribution in [0.4, 0.5) is 0 Å². The van der Waals surface area contributed by atoms with E-state index in [0.717, 1.165) is 11.1 Å². The second-order valence-electron chi connectivity index (χ2n) is 11.0. The van der Waals surface area contributed by atoms with Crippen molar-refractivity contribution in [2.45, 2.75) is 0 Å². The third-order valence-corrected chi connectivity index (χ3v) is 8.31. The molecular formula is C45H30N2. The summed E-state index contributed by atoms with van der Waals surface area (Å²) in [6.45, 7) is 0. The Balaban J connectivity index is 1.43. The highest BCUT2D eigenvalue weighted by atomic mass is 15.1. The molecule has 1 heterocycles. The fraction of sp³-hybridized carbons (Fsp3) is 0. The number of benzene rings is 8. The van der Waals surface area contributed by atoms with Gasteiger partial charge in [0.1, 0.15) is 5.82 Å². The van der Waals surface area contributed by atoms with Crippen LogP contribution in [-0.2, 0) is 0 Å². The van der Waals surface area contributed by atoms with Crippen LogP contribution in [0.1, 0.15) is 17.8 Å². The van der Waals surface area contributed by atoms with Crippen molar-refractivity contribution in [2.24, 2.45) is 0 Å². The van der Waals surface area contributed by atoms with E-state index in [2.05, 4.69) is 0 Å². The first-order chi connectivity index (χ1) is 28.7. The van der Waals surface area contributed by atoms with Crippen molar-refractivity contribution in [3.8, 4) is 50.5 Å². The van der Waals surface area contributed by atoms with Crippen LogP contribution in [0.25, 0.3) is 83.0 Å². The van der Waals surface area contributed by atoms with Crippen LogP contribution in [0, 0.1) is 0 Å². The second-order valence-corrected chi connectivity index (χ2v) is 11.0. The smallest absolute Gasteiger partial charge is 0.145 e. The largest absolute Gasteiger partial charge is 0.292 e. The summed E-state index contributed by atoms with van der Waals surface area (Å²) in [4.78, 5) is 4.87. The molecule has 2 nitrogen and oxygen atoms in total. The van der Waals surface area contributed by atoms with E-state index in [0.29, 0.717) is 27.7 Å². The van der Waals surface area contributed by atoms with Crippen molar-refractivity contribution >= 4 is 32.6 Å². The summed E-state index contributed by atoms with van der Waals surface area (Å²) < 4.78 is 117. The highest BCUT2D eigenvalue weighted by molar-refractivity contribution is 6.21. The summed E-state index contributed by atoms with van der Waals surface area (Å²) in [5, 5.41) is 0.205. The minimum Gasteiger partial charge on any atom is -0.292 e. The molecule has 0 N–H and O–H groups in total. The molecule has 220 valence electrons. The number of imidazole rings is 1. The zero-order valence-electron chi connectivity index (χ0n) is 37.7. The number of nitrogens with zero attached hydrogens (tertiary/aromatic N) is 2. The van der Waals surface area contributed by atoms with E-state index in [1.54, 1.807) is 60.7 Å². The van der Waals surface area contributed by atoms with Gasteiger partial charge >= 0.3 is 0 Å². The predicted molar refractivity (Wildman–Crippen MR) is 198 cm³/mol. The summed E-state index contributed by atoms with van der Waals surface area (Å²) in [5.74, 6) is 0.198. The van der Waals surface area contributed by atoms with Gasteiger partial charge in [-0.05, 0) is 91.3 Å². The quantitative estimate of drug-likeness (QED) is 0.177. The van der Waals surface area contributed by atoms with Crippen LogP contribution in [0.2, 0.25) is 0 Å². The maximum absolute atomic E-state index is 9.40. The van der Waals surface area contributed by atoms with E-state index in [1.807, 2.05) is 42.5 Å². The molecule has 47 heavy (non-hydrogen) atoms. The summed E-state index contributed by atoms with van der Waals surface area (Å²) in [5.41, 5.74) is 4.00. The highest BCUT2D eigenvalue weighted by Gasteiger charge is 2.19. The van der Waals surface area contributed by atoms with Crippen LogP contribution in [-0.4, -0.2) is 9.55 Å². The second kappa shape index (κ2) is 11.3. The molecular weight excluding hydrogens is 569 g/mol. The number of aromatic nitrogens is 2. The van der Waals surface area contributed by atoms with Gasteiger partial charge in [0.25, 0.3) is 0 Å². The minimum absolute atomic E-state index is 0.0370. The van der Waals surface area contributed by atoms with Crippen molar-refractivity contribution in [1.29, 1.82) is 0 Å². The summed E-state index contributed by atoms with van der Waals surface area (Å²) in [6.07, 6.45) is 0. The van der Waals surface area contributed by atoms with Crippen molar-refractivity contribution in [2.75, 3.05) is 0 Å². The van der Waals surface area contributed by atoms with Gasteiger partial charge in [-0.2, -0.15) is 0 Å². The van der Waals surface area contributed by atoms with E-state index in [-0.39, 0.29) is 56.3 Å². The van der Waals surface area contributed by atoms with Gasteiger partial charge in [0.15, 0.2) is 0 Å². The fourth-order valence-corrected chi connectivity index (χ4v) is 6.30. The lowest BCUT2D eigenvalue weighted by atomic mass is 9.85. The summed E-state index contributed by atoms with van der Waals surface area (Å²) in [6, 6.07) is 24.3. The highest BCUT2D eigenvalue weighted by Crippen LogP contribution is 2.45. The molecule has 1 aromatic heterocycles. The molecule has 0 atom stereocenters. The number of fused-ring (bicyclic) bond motifs is 3. The molecule has 9 rings (SSSR count). The van der Waals surface area contributed by atoms with Crippen molar-refractivity contribution in [1.82, 2.24) is 9.55 Å². The van der Waals surface area contributed by atoms with Gasteiger partial charge in [0.2, 0.25) is 0 Å². The Hall–Kier alpha value is -6.25. The average molecular weight is 612 g/mol. The van der Waals surface area contributed by atoms with Crippen molar-refractivity contribution in [3.63, 3.8) is 0 Å². The van der Waals surface area contributed by atoms with Crippen LogP contribution in [0.5, 0.6) is 0 Å². The van der Waals surface area contributed by atoms with E-state index < -0.39 is 66.5 Å². The molecule has 8 aromatic carbocycles. The van der Waals surface area contributed by atoms with Gasteiger partial charge in [-0.3, -0.25) is 4.57 Å². The Kier molecular flexibility index (Phi) is 4.05. The molecule has 9 aromatic rings. The molecule has 0 bridgehead atoms. The van der Waals surface area contributed by atoms with Gasteiger partial charge in [0.05, 0.1) is 28.9 Å². The maximum atomic E-state index is 9.40. The predicted octanol–water partition coefficient (Wildman–Crippen LogP) is 12.0. The number of para-hydroxylation sites is 3. The fourth-order valence-electron chi connectivity index (χ4n) is 6.30. The normalized spacial score (nSPS) is 15.3. The lowest BCUT2D eigenvalue weighted by Crippen LogP contribution is -1.97. The number of hydrogen-bond acceptors (Lipinski definition) is 1. The minimum atomic E-state index is -0.551. The topological polar surface area (TPSA) is 17.8 Å². The molecule has 0 amide bonds. The van der Waals surface area contributed by atoms with Crippen LogP contribution in [0.3, 0.4) is 0 Å². The first-order valence-electron chi connectivity index (χ1n) is 21.5. The van der Waals surface area contributed by atoms with Crippen LogP contribution < -0.4 is 0 Å². The zero-order chi connectivity index (χ0) is 42.5. The first-order valence-corrected chi connectivity index (χ1v) is 15.0. The Morgan fingerprint density at radius 2 is 0.915 bits per heavy atom. The third-order valence-electron chi connectivity index (χ3n) is 8.31. The zero-order valence-corrected chi connectivity index (χ0v) is 24.7. The molecule has 0 unspecified atom stereocenters. The lowest BCUT2D eigenvalue weighted by molar-refractivity contribution is 1.10. The average Bonchev–Trinajstić information content (AvgIpc) is 3.66. The van der Waals surface area contributed by atoms with E-state index >= 15 is 0 Å². The first kappa shape index (κ1) is 16.9. The summed E-state index contributed by atoms with van der Waals surface area (Å²) >= 11 is 0. The summed E-state index contributed by atoms with van der Waals surface area (Å²) in [7, 11) is 0. The van der Waals surface area contributed by atoms with Gasteiger partial charge in [-0.1, -0.05) is 145 Å². The standard InChI is InChI=1S/C45H30N2/c1-3-15-31(16-4-1)32-17-13-18-33(29-32)43-37-23-7-9-25-39(37)44(40-26-10-8-24-38(40)43)34-19-14-20-35(30-34)45-46-41-27-11-12-28-42(41)47(45)36-21-5-2-6-22-36/h1-30H/i2D,5D,6D,7D,8D,9D,10D,21D,22D,23D,24D,25D,26D. The van der Waals surface area contributed by atoms with E-state index in [4.69, 9.17) is 17.3 Å². The maximum Gasteiger partial charge on any atom is 0.145 e. The Labute approximate surface area is 292 Å². The Morgan fingerprint density at radius 3 is 1.55 bits per heavy atom. The SMILES string of the molecule is [2H]c1c([2H])c([2H])c(-n2c(-c3cccc(-c4c5c([2H])c([2H])c([2H])c([2H])c5c(-c5cccc(-c6ccccc6)c5)c5c([2H])c([2H])c([2H])c([2H])c45)c3)nc3ccccc32)c([2H])c1[2H]. The lowest BCUT2D eigenvalue weighted by Gasteiger charge is -2.18. The third kappa shape index (κ3) is 4.62. The number of rotatable bonds is 5. The van der Waals surface area contributed by atoms with Gasteiger partial charge < -0.3 is 0 Å². The van der Waals surface area contributed by atoms with E-state index in [9.17, 15) is 5.48 Å². The monoisotopic (exact) mass is 611 g/mol. The molecule has 0 saturated carbocycles. The molecule has 0 spiro atoms. The Morgan fingerprint density at radius 1 is 0.426 bits per heavy atom. The van der Waals surface area contributed by atoms with Gasteiger partial charge in [0, 0.05) is 11.3 Å². The van der Waals surface area contributed by atoms with Crippen LogP contribution >= 0.6 is 0 Å². The molecule has 0 saturated heterocycles. The van der Waals surface area contributed by atoms with E-state index in [1.165, 1.54) is 4.57 Å². The molecule has 0 aliphatic rings. The number of hydrogen-bond donors (Lipinski definition) is 0. The molecule has 0 fully saturated rings. The van der Waals surface area contributed by atoms with Gasteiger partial charge in [-0.25, -0.2) is 4.98 Å². The van der Waals surface area contributed by atoms with Gasteiger partial charge in [-0.15, -0.1) is 0 Å². The Bertz CT molecular complexity index is 3200. The molecule has 0 aliphatic carbocycles. The van der Waals surface area contributed by atoms with Crippen LogP contribution in [0.15, 0.2) is 182 Å². The van der Waals surface area contributed by atoms with Crippen molar-refractivity contribution in [3.05, 3.63) is 182 Å². The van der Waals surface area contributed by atoms with Crippen molar-refractivity contribution < 1.29 is 17.8 Å². The molecule has 2 heteroatoms. The molecule has 0 aliphatic heterocycles. The molecule has 0 radical (unpaired) electrons.